The second kappa shape index (κ2) is 8.07. The quantitative estimate of drug-likeness (QED) is 0.274. The van der Waals surface area contributed by atoms with Crippen LogP contribution in [-0.4, -0.2) is 54.1 Å². The van der Waals surface area contributed by atoms with Crippen molar-refractivity contribution in [3.05, 3.63) is 35.9 Å². The Labute approximate surface area is 169 Å². The van der Waals surface area contributed by atoms with E-state index in [0.717, 1.165) is 5.56 Å². The summed E-state index contributed by atoms with van der Waals surface area (Å²) in [6.07, 6.45) is 0. The van der Waals surface area contributed by atoms with Crippen LogP contribution in [0.3, 0.4) is 0 Å². The third kappa shape index (κ3) is 4.54. The molecule has 0 aliphatic heterocycles. The fourth-order valence-corrected chi connectivity index (χ4v) is 4.81. The summed E-state index contributed by atoms with van der Waals surface area (Å²) in [4.78, 5) is 25.8. The lowest BCUT2D eigenvalue weighted by Gasteiger charge is -2.34. The minimum absolute atomic E-state index is 0.499. The third-order valence-electron chi connectivity index (χ3n) is 4.32. The molecule has 2 rings (SSSR count). The lowest BCUT2D eigenvalue weighted by molar-refractivity contribution is -0.285. The highest BCUT2D eigenvalue weighted by molar-refractivity contribution is 6.70. The molecule has 1 aliphatic rings. The molecule has 156 valence electrons. The van der Waals surface area contributed by atoms with Gasteiger partial charge in [0.1, 0.15) is 0 Å². The second-order valence-corrected chi connectivity index (χ2v) is 17.7. The zero-order valence-electron chi connectivity index (χ0n) is 17.9. The first kappa shape index (κ1) is 22.8. The molecule has 0 unspecified atom stereocenters. The molecule has 9 heteroatoms. The molecule has 28 heavy (non-hydrogen) atoms. The summed E-state index contributed by atoms with van der Waals surface area (Å²) < 4.78 is 22.5. The molecule has 1 aromatic carbocycles. The van der Waals surface area contributed by atoms with Gasteiger partial charge >= 0.3 is 11.9 Å². The van der Waals surface area contributed by atoms with Crippen LogP contribution in [0.1, 0.15) is 11.5 Å². The van der Waals surface area contributed by atoms with Crippen LogP contribution in [0, 0.1) is 5.41 Å². The van der Waals surface area contributed by atoms with Crippen molar-refractivity contribution in [3.63, 3.8) is 0 Å². The van der Waals surface area contributed by atoms with E-state index in [1.165, 1.54) is 19.4 Å². The van der Waals surface area contributed by atoms with E-state index in [2.05, 4.69) is 0 Å². The minimum Gasteiger partial charge on any atom is -0.468 e. The standard InChI is InChI=1S/C19H31NO6Si2/c1-23-17(21)19(18(22)24-2)15(14-12-10-9-11-13-14)16(19)20(25-27(3,4)5)26-28(6,7)8/h9-13,15-16H,1-8H3/t15-,16-/m0/s1. The number of ether oxygens (including phenoxy) is 2. The third-order valence-corrected chi connectivity index (χ3v) is 5.78. The predicted octanol–water partition coefficient (Wildman–Crippen LogP) is 3.32. The monoisotopic (exact) mass is 425 g/mol. The summed E-state index contributed by atoms with van der Waals surface area (Å²) in [7, 11) is -1.67. The van der Waals surface area contributed by atoms with Crippen LogP contribution in [0.25, 0.3) is 0 Å². The average molecular weight is 426 g/mol. The molecule has 0 aromatic heterocycles. The van der Waals surface area contributed by atoms with E-state index in [9.17, 15) is 9.59 Å². The van der Waals surface area contributed by atoms with E-state index in [1.54, 1.807) is 0 Å². The highest BCUT2D eigenvalue weighted by atomic mass is 28.4. The molecule has 0 radical (unpaired) electrons. The second-order valence-electron chi connectivity index (χ2n) is 8.88. The molecule has 1 aliphatic carbocycles. The van der Waals surface area contributed by atoms with E-state index in [-0.39, 0.29) is 0 Å². The van der Waals surface area contributed by atoms with Gasteiger partial charge in [-0.2, -0.15) is 0 Å². The van der Waals surface area contributed by atoms with Crippen molar-refractivity contribution in [1.29, 1.82) is 0 Å². The van der Waals surface area contributed by atoms with Gasteiger partial charge in [-0.1, -0.05) is 35.6 Å². The fourth-order valence-electron chi connectivity index (χ4n) is 3.35. The molecule has 0 saturated heterocycles. The minimum atomic E-state index is -2.11. The van der Waals surface area contributed by atoms with Crippen molar-refractivity contribution in [3.8, 4) is 0 Å². The average Bonchev–Trinajstić information content (AvgIpc) is 3.29. The summed E-state index contributed by atoms with van der Waals surface area (Å²) in [6, 6.07) is 8.71. The van der Waals surface area contributed by atoms with Crippen LogP contribution in [0.5, 0.6) is 0 Å². The number of carbonyl (C=O) groups is 2. The number of esters is 2. The van der Waals surface area contributed by atoms with Gasteiger partial charge in [0, 0.05) is 5.92 Å². The number of carbonyl (C=O) groups excluding carboxylic acids is 2. The molecular weight excluding hydrogens is 394 g/mol. The lowest BCUT2D eigenvalue weighted by atomic mass is 9.99. The van der Waals surface area contributed by atoms with E-state index in [0.29, 0.717) is 0 Å². The van der Waals surface area contributed by atoms with E-state index < -0.39 is 45.9 Å². The largest absolute Gasteiger partial charge is 0.468 e. The zero-order valence-corrected chi connectivity index (χ0v) is 19.9. The van der Waals surface area contributed by atoms with Crippen molar-refractivity contribution >= 4 is 28.6 Å². The highest BCUT2D eigenvalue weighted by Crippen LogP contribution is 2.63. The molecule has 0 amide bonds. The van der Waals surface area contributed by atoms with E-state index >= 15 is 0 Å². The Kier molecular flexibility index (Phi) is 6.56. The summed E-state index contributed by atoms with van der Waals surface area (Å²) in [5.74, 6) is -1.80. The Balaban J connectivity index is 2.59. The van der Waals surface area contributed by atoms with Crippen molar-refractivity contribution in [1.82, 2.24) is 5.23 Å². The molecule has 7 nitrogen and oxygen atoms in total. The van der Waals surface area contributed by atoms with Crippen LogP contribution in [-0.2, 0) is 28.1 Å². The Bertz CT molecular complexity index is 681. The van der Waals surface area contributed by atoms with Crippen molar-refractivity contribution in [2.45, 2.75) is 51.2 Å². The molecule has 0 heterocycles. The van der Waals surface area contributed by atoms with Gasteiger partial charge in [-0.3, -0.25) is 9.59 Å². The van der Waals surface area contributed by atoms with Gasteiger partial charge in [0.05, 0.1) is 20.3 Å². The summed E-state index contributed by atoms with van der Waals surface area (Å²) >= 11 is 0. The van der Waals surface area contributed by atoms with Crippen LogP contribution < -0.4 is 0 Å². The molecule has 0 N–H and O–H groups in total. The SMILES string of the molecule is COC(=O)C1(C(=O)OC)[C@@H](N(O[Si](C)(C)C)O[Si](C)(C)C)[C@@H]1c1ccccc1. The van der Waals surface area contributed by atoms with Gasteiger partial charge in [-0.05, 0) is 44.8 Å². The van der Waals surface area contributed by atoms with Gasteiger partial charge < -0.3 is 18.5 Å². The molecule has 1 fully saturated rings. The molecule has 1 aromatic rings. The summed E-state index contributed by atoms with van der Waals surface area (Å²) in [5, 5.41) is 1.41. The number of rotatable bonds is 8. The number of methoxy groups -OCH3 is 2. The Hall–Kier alpha value is -1.53. The molecular formula is C19H31NO6Si2. The summed E-state index contributed by atoms with van der Waals surface area (Å²) in [6.45, 7) is 12.1. The van der Waals surface area contributed by atoms with Gasteiger partial charge in [0.15, 0.2) is 5.41 Å². The molecule has 0 spiro atoms. The molecule has 1 saturated carbocycles. The van der Waals surface area contributed by atoms with Crippen LogP contribution in [0.4, 0.5) is 0 Å². The van der Waals surface area contributed by atoms with E-state index in [4.69, 9.17) is 18.5 Å². The number of hydroxylamine groups is 2. The number of hydrogen-bond donors (Lipinski definition) is 0. The van der Waals surface area contributed by atoms with Crippen molar-refractivity contribution < 1.29 is 28.1 Å². The first-order chi connectivity index (χ1) is 12.9. The molecule has 0 bridgehead atoms. The maximum Gasteiger partial charge on any atom is 0.325 e. The van der Waals surface area contributed by atoms with Crippen molar-refractivity contribution in [2.75, 3.05) is 14.2 Å². The number of benzene rings is 1. The van der Waals surface area contributed by atoms with E-state index in [1.807, 2.05) is 69.6 Å². The topological polar surface area (TPSA) is 74.3 Å². The molecule has 2 atom stereocenters. The first-order valence-electron chi connectivity index (χ1n) is 9.27. The first-order valence-corrected chi connectivity index (χ1v) is 16.1. The highest BCUT2D eigenvalue weighted by Gasteiger charge is 2.80. The Morgan fingerprint density at radius 3 is 1.64 bits per heavy atom. The summed E-state index contributed by atoms with van der Waals surface area (Å²) in [5.41, 5.74) is -0.712. The number of hydrogen-bond acceptors (Lipinski definition) is 7. The van der Waals surface area contributed by atoms with Gasteiger partial charge in [-0.15, -0.1) is 0 Å². The zero-order chi connectivity index (χ0) is 21.3. The normalized spacial score (nSPS) is 21.3. The smallest absolute Gasteiger partial charge is 0.325 e. The Morgan fingerprint density at radius 2 is 1.29 bits per heavy atom. The maximum absolute atomic E-state index is 12.9. The van der Waals surface area contributed by atoms with Crippen LogP contribution in [0.15, 0.2) is 30.3 Å². The fraction of sp³-hybridized carbons (Fsp3) is 0.579. The van der Waals surface area contributed by atoms with Crippen LogP contribution in [0.2, 0.25) is 39.3 Å². The van der Waals surface area contributed by atoms with Crippen LogP contribution >= 0.6 is 0 Å². The van der Waals surface area contributed by atoms with Gasteiger partial charge in [-0.25, -0.2) is 0 Å². The number of nitrogens with zero attached hydrogens (tertiary/aromatic N) is 1. The van der Waals surface area contributed by atoms with Gasteiger partial charge in [0.2, 0.25) is 16.6 Å². The maximum atomic E-state index is 12.9. The van der Waals surface area contributed by atoms with Crippen molar-refractivity contribution in [2.24, 2.45) is 5.41 Å². The predicted molar refractivity (Wildman–Crippen MR) is 110 cm³/mol. The Morgan fingerprint density at radius 1 is 0.857 bits per heavy atom. The van der Waals surface area contributed by atoms with Gasteiger partial charge in [0.25, 0.3) is 0 Å². The lowest BCUT2D eigenvalue weighted by Crippen LogP contribution is -2.48.